The second kappa shape index (κ2) is 5.87. The van der Waals surface area contributed by atoms with Crippen molar-refractivity contribution in [2.24, 2.45) is 0 Å². The molecule has 104 valence electrons. The molecule has 0 radical (unpaired) electrons. The van der Waals surface area contributed by atoms with Gasteiger partial charge >= 0.3 is 5.97 Å². The fraction of sp³-hybridized carbons (Fsp3) is 0.154. The molecule has 0 amide bonds. The third-order valence-corrected chi connectivity index (χ3v) is 2.70. The number of hydrogen-bond donors (Lipinski definition) is 2. The highest BCUT2D eigenvalue weighted by molar-refractivity contribution is 5.93. The number of aromatic carboxylic acids is 1. The standard InChI is InChI=1S/C13H12N2O5/c16-13(17)11-8-9(3-4-12(11)15(18)19)14-6-5-10-2-1-7-20-10/h1-4,7-8,14H,5-6H2,(H,16,17). The number of furan rings is 1. The highest BCUT2D eigenvalue weighted by atomic mass is 16.6. The number of nitrogens with zero attached hydrogens (tertiary/aromatic N) is 1. The average Bonchev–Trinajstić information content (AvgIpc) is 2.91. The van der Waals surface area contributed by atoms with Gasteiger partial charge < -0.3 is 14.8 Å². The van der Waals surface area contributed by atoms with Gasteiger partial charge in [-0.05, 0) is 24.3 Å². The SMILES string of the molecule is O=C(O)c1cc(NCCc2ccco2)ccc1[N+](=O)[O-]. The van der Waals surface area contributed by atoms with Crippen molar-refractivity contribution in [2.75, 3.05) is 11.9 Å². The van der Waals surface area contributed by atoms with Crippen LogP contribution < -0.4 is 5.32 Å². The van der Waals surface area contributed by atoms with Gasteiger partial charge in [0, 0.05) is 24.7 Å². The van der Waals surface area contributed by atoms with Gasteiger partial charge in [0.05, 0.1) is 11.2 Å². The Morgan fingerprint density at radius 1 is 1.40 bits per heavy atom. The van der Waals surface area contributed by atoms with Crippen LogP contribution in [-0.4, -0.2) is 22.5 Å². The molecule has 1 aromatic heterocycles. The molecule has 7 nitrogen and oxygen atoms in total. The van der Waals surface area contributed by atoms with Crippen molar-refractivity contribution >= 4 is 17.3 Å². The van der Waals surface area contributed by atoms with Crippen LogP contribution >= 0.6 is 0 Å². The van der Waals surface area contributed by atoms with Gasteiger partial charge in [-0.1, -0.05) is 0 Å². The quantitative estimate of drug-likeness (QED) is 0.620. The summed E-state index contributed by atoms with van der Waals surface area (Å²) in [6, 6.07) is 7.53. The largest absolute Gasteiger partial charge is 0.477 e. The van der Waals surface area contributed by atoms with E-state index in [1.54, 1.807) is 12.3 Å². The van der Waals surface area contributed by atoms with E-state index in [1.165, 1.54) is 18.2 Å². The monoisotopic (exact) mass is 276 g/mol. The third-order valence-electron chi connectivity index (χ3n) is 2.70. The Labute approximate surface area is 114 Å². The first-order chi connectivity index (χ1) is 9.58. The Morgan fingerprint density at radius 2 is 2.20 bits per heavy atom. The minimum atomic E-state index is -1.33. The van der Waals surface area contributed by atoms with E-state index in [0.717, 1.165) is 5.76 Å². The predicted octanol–water partition coefficient (Wildman–Crippen LogP) is 2.54. The Morgan fingerprint density at radius 3 is 2.80 bits per heavy atom. The van der Waals surface area contributed by atoms with Crippen molar-refractivity contribution < 1.29 is 19.2 Å². The zero-order valence-electron chi connectivity index (χ0n) is 10.4. The summed E-state index contributed by atoms with van der Waals surface area (Å²) in [7, 11) is 0. The number of carboxylic acid groups (broad SMARTS) is 1. The maximum Gasteiger partial charge on any atom is 0.342 e. The normalized spacial score (nSPS) is 10.2. The predicted molar refractivity (Wildman–Crippen MR) is 71.0 cm³/mol. The number of nitro benzene ring substituents is 1. The third kappa shape index (κ3) is 3.14. The van der Waals surface area contributed by atoms with Crippen LogP contribution in [0.4, 0.5) is 11.4 Å². The fourth-order valence-electron chi connectivity index (χ4n) is 1.76. The molecule has 0 aliphatic carbocycles. The number of nitro groups is 1. The van der Waals surface area contributed by atoms with E-state index < -0.39 is 16.6 Å². The van der Waals surface area contributed by atoms with Gasteiger partial charge in [-0.2, -0.15) is 0 Å². The van der Waals surface area contributed by atoms with E-state index in [-0.39, 0.29) is 5.56 Å². The molecule has 0 atom stereocenters. The molecule has 2 aromatic rings. The minimum Gasteiger partial charge on any atom is -0.477 e. The molecule has 0 unspecified atom stereocenters. The summed E-state index contributed by atoms with van der Waals surface area (Å²) >= 11 is 0. The first-order valence-corrected chi connectivity index (χ1v) is 5.86. The van der Waals surface area contributed by atoms with Gasteiger partial charge in [0.1, 0.15) is 11.3 Å². The molecule has 0 aliphatic heterocycles. The van der Waals surface area contributed by atoms with Gasteiger partial charge in [-0.25, -0.2) is 4.79 Å². The zero-order chi connectivity index (χ0) is 14.5. The molecular weight excluding hydrogens is 264 g/mol. The van der Waals surface area contributed by atoms with Crippen LogP contribution in [-0.2, 0) is 6.42 Å². The second-order valence-electron chi connectivity index (χ2n) is 4.05. The van der Waals surface area contributed by atoms with Gasteiger partial charge in [0.25, 0.3) is 5.69 Å². The Kier molecular flexibility index (Phi) is 3.99. The molecular formula is C13H12N2O5. The molecule has 0 fully saturated rings. The van der Waals surface area contributed by atoms with Crippen LogP contribution in [0.1, 0.15) is 16.1 Å². The Bertz CT molecular complexity index is 622. The summed E-state index contributed by atoms with van der Waals surface area (Å²) < 4.78 is 5.16. The van der Waals surface area contributed by atoms with E-state index >= 15 is 0 Å². The van der Waals surface area contributed by atoms with Crippen molar-refractivity contribution in [3.8, 4) is 0 Å². The van der Waals surface area contributed by atoms with Gasteiger partial charge in [0.2, 0.25) is 0 Å². The molecule has 20 heavy (non-hydrogen) atoms. The first kappa shape index (κ1) is 13.6. The van der Waals surface area contributed by atoms with Crippen LogP contribution in [0, 0.1) is 10.1 Å². The van der Waals surface area contributed by atoms with Crippen LogP contribution in [0.5, 0.6) is 0 Å². The second-order valence-corrected chi connectivity index (χ2v) is 4.05. The molecule has 0 aliphatic rings. The van der Waals surface area contributed by atoms with Gasteiger partial charge in [-0.15, -0.1) is 0 Å². The number of rotatable bonds is 6. The fourth-order valence-corrected chi connectivity index (χ4v) is 1.76. The van der Waals surface area contributed by atoms with Crippen LogP contribution in [0.15, 0.2) is 41.0 Å². The van der Waals surface area contributed by atoms with Gasteiger partial charge in [0.15, 0.2) is 0 Å². The van der Waals surface area contributed by atoms with Crippen molar-refractivity contribution in [3.05, 3.63) is 58.0 Å². The molecule has 7 heteroatoms. The molecule has 0 bridgehead atoms. The van der Waals surface area contributed by atoms with Crippen molar-refractivity contribution in [2.45, 2.75) is 6.42 Å². The summed E-state index contributed by atoms with van der Waals surface area (Å²) in [5, 5.41) is 22.7. The highest BCUT2D eigenvalue weighted by Crippen LogP contribution is 2.22. The smallest absolute Gasteiger partial charge is 0.342 e. The van der Waals surface area contributed by atoms with Gasteiger partial charge in [-0.3, -0.25) is 10.1 Å². The van der Waals surface area contributed by atoms with Crippen LogP contribution in [0.3, 0.4) is 0 Å². The Balaban J connectivity index is 2.07. The van der Waals surface area contributed by atoms with Crippen LogP contribution in [0.25, 0.3) is 0 Å². The maximum absolute atomic E-state index is 11.0. The number of benzene rings is 1. The van der Waals surface area contributed by atoms with E-state index in [2.05, 4.69) is 5.32 Å². The van der Waals surface area contributed by atoms with Crippen molar-refractivity contribution in [3.63, 3.8) is 0 Å². The molecule has 0 saturated heterocycles. The van der Waals surface area contributed by atoms with E-state index in [0.29, 0.717) is 18.7 Å². The molecule has 2 rings (SSSR count). The lowest BCUT2D eigenvalue weighted by Crippen LogP contribution is -2.07. The maximum atomic E-state index is 11.0. The number of carbonyl (C=O) groups is 1. The summed E-state index contributed by atoms with van der Waals surface area (Å²) in [6.45, 7) is 0.532. The number of hydrogen-bond acceptors (Lipinski definition) is 5. The molecule has 1 heterocycles. The summed E-state index contributed by atoms with van der Waals surface area (Å²) in [4.78, 5) is 21.0. The highest BCUT2D eigenvalue weighted by Gasteiger charge is 2.19. The topological polar surface area (TPSA) is 106 Å². The first-order valence-electron chi connectivity index (χ1n) is 5.86. The molecule has 0 spiro atoms. The number of nitrogens with one attached hydrogen (secondary N) is 1. The summed E-state index contributed by atoms with van der Waals surface area (Å²) in [5.41, 5.74) is -0.244. The summed E-state index contributed by atoms with van der Waals surface area (Å²) in [5.74, 6) is -0.524. The zero-order valence-corrected chi connectivity index (χ0v) is 10.4. The van der Waals surface area contributed by atoms with Crippen molar-refractivity contribution in [1.82, 2.24) is 0 Å². The summed E-state index contributed by atoms with van der Waals surface area (Å²) in [6.07, 6.45) is 2.20. The lowest BCUT2D eigenvalue weighted by molar-refractivity contribution is -0.385. The Hall–Kier alpha value is -2.83. The molecule has 2 N–H and O–H groups in total. The number of anilines is 1. The van der Waals surface area contributed by atoms with Crippen LogP contribution in [0.2, 0.25) is 0 Å². The van der Waals surface area contributed by atoms with E-state index in [4.69, 9.17) is 9.52 Å². The number of carboxylic acids is 1. The van der Waals surface area contributed by atoms with E-state index in [1.807, 2.05) is 6.07 Å². The average molecular weight is 276 g/mol. The minimum absolute atomic E-state index is 0.335. The van der Waals surface area contributed by atoms with Crippen molar-refractivity contribution in [1.29, 1.82) is 0 Å². The molecule has 1 aromatic carbocycles. The lowest BCUT2D eigenvalue weighted by Gasteiger charge is -2.06. The van der Waals surface area contributed by atoms with E-state index in [9.17, 15) is 14.9 Å². The lowest BCUT2D eigenvalue weighted by atomic mass is 10.1. The molecule has 0 saturated carbocycles.